The lowest BCUT2D eigenvalue weighted by Gasteiger charge is -2.22. The number of halogens is 1. The fraction of sp³-hybridized carbons (Fsp3) is 0.462. The Labute approximate surface area is 102 Å². The van der Waals surface area contributed by atoms with E-state index in [9.17, 15) is 4.79 Å². The quantitative estimate of drug-likeness (QED) is 0.736. The standard InChI is InChI=1S/C13H18ClNO/c1-4-10(2)15(3)9-13(16)11-7-5-6-8-12(11)14/h5-8,10H,4,9H2,1-3H3. The van der Waals surface area contributed by atoms with Crippen molar-refractivity contribution in [3.8, 4) is 0 Å². The molecule has 0 spiro atoms. The Morgan fingerprint density at radius 1 is 1.44 bits per heavy atom. The average molecular weight is 240 g/mol. The van der Waals surface area contributed by atoms with Crippen molar-refractivity contribution in [2.75, 3.05) is 13.6 Å². The fourth-order valence-corrected chi connectivity index (χ4v) is 1.71. The van der Waals surface area contributed by atoms with Gasteiger partial charge in [0.1, 0.15) is 0 Å². The number of likely N-dealkylation sites (N-methyl/N-ethyl adjacent to an activating group) is 1. The maximum atomic E-state index is 12.0. The minimum absolute atomic E-state index is 0.0772. The summed E-state index contributed by atoms with van der Waals surface area (Å²) >= 11 is 5.98. The topological polar surface area (TPSA) is 20.3 Å². The molecule has 0 aliphatic heterocycles. The van der Waals surface area contributed by atoms with E-state index in [0.29, 0.717) is 23.2 Å². The van der Waals surface area contributed by atoms with Crippen LogP contribution < -0.4 is 0 Å². The highest BCUT2D eigenvalue weighted by molar-refractivity contribution is 6.34. The number of hydrogen-bond donors (Lipinski definition) is 0. The molecule has 1 aromatic rings. The number of carbonyl (C=O) groups is 1. The van der Waals surface area contributed by atoms with Gasteiger partial charge in [0, 0.05) is 11.6 Å². The number of carbonyl (C=O) groups excluding carboxylic acids is 1. The third-order valence-corrected chi connectivity index (χ3v) is 3.24. The summed E-state index contributed by atoms with van der Waals surface area (Å²) in [7, 11) is 1.96. The van der Waals surface area contributed by atoms with Crippen LogP contribution in [0, 0.1) is 0 Å². The van der Waals surface area contributed by atoms with Crippen LogP contribution >= 0.6 is 11.6 Å². The summed E-state index contributed by atoms with van der Waals surface area (Å²) in [6.45, 7) is 4.64. The second kappa shape index (κ2) is 6.02. The monoisotopic (exact) mass is 239 g/mol. The molecule has 0 N–H and O–H groups in total. The zero-order valence-corrected chi connectivity index (χ0v) is 10.8. The zero-order valence-electron chi connectivity index (χ0n) is 10.0. The first kappa shape index (κ1) is 13.2. The fourth-order valence-electron chi connectivity index (χ4n) is 1.47. The molecule has 0 saturated carbocycles. The maximum absolute atomic E-state index is 12.0. The van der Waals surface area contributed by atoms with Gasteiger partial charge in [-0.1, -0.05) is 30.7 Å². The largest absolute Gasteiger partial charge is 0.296 e. The molecule has 1 aromatic carbocycles. The van der Waals surface area contributed by atoms with E-state index in [0.717, 1.165) is 6.42 Å². The summed E-state index contributed by atoms with van der Waals surface area (Å²) in [5, 5.41) is 0.532. The molecule has 0 aliphatic carbocycles. The molecule has 0 amide bonds. The number of nitrogens with zero attached hydrogens (tertiary/aromatic N) is 1. The molecule has 0 heterocycles. The van der Waals surface area contributed by atoms with E-state index in [1.165, 1.54) is 0 Å². The van der Waals surface area contributed by atoms with Gasteiger partial charge >= 0.3 is 0 Å². The molecule has 1 atom stereocenters. The molecule has 3 heteroatoms. The van der Waals surface area contributed by atoms with Crippen LogP contribution in [0.5, 0.6) is 0 Å². The van der Waals surface area contributed by atoms with Crippen LogP contribution in [-0.4, -0.2) is 30.3 Å². The van der Waals surface area contributed by atoms with E-state index < -0.39 is 0 Å². The number of Topliss-reactive ketones (excluding diaryl/α,β-unsaturated/α-hetero) is 1. The molecular weight excluding hydrogens is 222 g/mol. The van der Waals surface area contributed by atoms with Gasteiger partial charge in [0.05, 0.1) is 11.6 Å². The van der Waals surface area contributed by atoms with Crippen LogP contribution in [-0.2, 0) is 0 Å². The Morgan fingerprint density at radius 2 is 2.06 bits per heavy atom. The smallest absolute Gasteiger partial charge is 0.178 e. The van der Waals surface area contributed by atoms with Crippen molar-refractivity contribution in [3.05, 3.63) is 34.9 Å². The van der Waals surface area contributed by atoms with Gasteiger partial charge in [-0.15, -0.1) is 0 Å². The van der Waals surface area contributed by atoms with Crippen LogP contribution in [0.15, 0.2) is 24.3 Å². The molecule has 0 aromatic heterocycles. The maximum Gasteiger partial charge on any atom is 0.178 e. The van der Waals surface area contributed by atoms with Crippen LogP contribution in [0.4, 0.5) is 0 Å². The predicted molar refractivity (Wildman–Crippen MR) is 68.2 cm³/mol. The minimum atomic E-state index is 0.0772. The van der Waals surface area contributed by atoms with Gasteiger partial charge < -0.3 is 0 Å². The third-order valence-electron chi connectivity index (χ3n) is 2.91. The normalized spacial score (nSPS) is 12.8. The molecule has 1 unspecified atom stereocenters. The average Bonchev–Trinajstić information content (AvgIpc) is 2.28. The summed E-state index contributed by atoms with van der Waals surface area (Å²) in [6.07, 6.45) is 1.03. The molecule has 0 saturated heterocycles. The highest BCUT2D eigenvalue weighted by Crippen LogP contribution is 2.16. The van der Waals surface area contributed by atoms with E-state index in [4.69, 9.17) is 11.6 Å². The first-order valence-electron chi connectivity index (χ1n) is 5.54. The van der Waals surface area contributed by atoms with Crippen LogP contribution in [0.1, 0.15) is 30.6 Å². The lowest BCUT2D eigenvalue weighted by atomic mass is 10.1. The highest BCUT2D eigenvalue weighted by Gasteiger charge is 2.14. The van der Waals surface area contributed by atoms with Crippen molar-refractivity contribution in [3.63, 3.8) is 0 Å². The van der Waals surface area contributed by atoms with Crippen molar-refractivity contribution >= 4 is 17.4 Å². The van der Waals surface area contributed by atoms with Crippen LogP contribution in [0.25, 0.3) is 0 Å². The summed E-state index contributed by atoms with van der Waals surface area (Å²) < 4.78 is 0. The summed E-state index contributed by atoms with van der Waals surface area (Å²) in [6, 6.07) is 7.60. The van der Waals surface area contributed by atoms with Crippen molar-refractivity contribution in [2.24, 2.45) is 0 Å². The first-order valence-corrected chi connectivity index (χ1v) is 5.92. The Hall–Kier alpha value is -0.860. The van der Waals surface area contributed by atoms with E-state index in [2.05, 4.69) is 13.8 Å². The van der Waals surface area contributed by atoms with Gasteiger partial charge in [-0.25, -0.2) is 0 Å². The lowest BCUT2D eigenvalue weighted by Crippen LogP contribution is -2.33. The second-order valence-electron chi connectivity index (χ2n) is 4.08. The Kier molecular flexibility index (Phi) is 4.97. The molecule has 0 radical (unpaired) electrons. The first-order chi connectivity index (χ1) is 7.56. The van der Waals surface area contributed by atoms with E-state index in [1.807, 2.05) is 24.1 Å². The van der Waals surface area contributed by atoms with Crippen LogP contribution in [0.3, 0.4) is 0 Å². The second-order valence-corrected chi connectivity index (χ2v) is 4.48. The van der Waals surface area contributed by atoms with Crippen molar-refractivity contribution in [1.82, 2.24) is 4.90 Å². The predicted octanol–water partition coefficient (Wildman–Crippen LogP) is 3.25. The van der Waals surface area contributed by atoms with Crippen molar-refractivity contribution in [2.45, 2.75) is 26.3 Å². The highest BCUT2D eigenvalue weighted by atomic mass is 35.5. The van der Waals surface area contributed by atoms with Gasteiger partial charge in [-0.05, 0) is 32.5 Å². The summed E-state index contributed by atoms with van der Waals surface area (Å²) in [5.74, 6) is 0.0772. The van der Waals surface area contributed by atoms with Crippen molar-refractivity contribution < 1.29 is 4.79 Å². The van der Waals surface area contributed by atoms with E-state index in [1.54, 1.807) is 12.1 Å². The summed E-state index contributed by atoms with van der Waals surface area (Å²) in [5.41, 5.74) is 0.610. The van der Waals surface area contributed by atoms with Crippen LogP contribution in [0.2, 0.25) is 5.02 Å². The molecular formula is C13H18ClNO. The summed E-state index contributed by atoms with van der Waals surface area (Å²) in [4.78, 5) is 14.0. The number of benzene rings is 1. The molecule has 16 heavy (non-hydrogen) atoms. The lowest BCUT2D eigenvalue weighted by molar-refractivity contribution is 0.0923. The minimum Gasteiger partial charge on any atom is -0.296 e. The molecule has 0 fully saturated rings. The third kappa shape index (κ3) is 3.32. The molecule has 1 rings (SSSR count). The van der Waals surface area contributed by atoms with Gasteiger partial charge in [0.25, 0.3) is 0 Å². The van der Waals surface area contributed by atoms with Gasteiger partial charge in [0.15, 0.2) is 5.78 Å². The van der Waals surface area contributed by atoms with E-state index in [-0.39, 0.29) is 5.78 Å². The zero-order chi connectivity index (χ0) is 12.1. The van der Waals surface area contributed by atoms with Gasteiger partial charge in [-0.3, -0.25) is 9.69 Å². The number of hydrogen-bond acceptors (Lipinski definition) is 2. The molecule has 88 valence electrons. The van der Waals surface area contributed by atoms with Gasteiger partial charge in [-0.2, -0.15) is 0 Å². The SMILES string of the molecule is CCC(C)N(C)CC(=O)c1ccccc1Cl. The molecule has 0 bridgehead atoms. The van der Waals surface area contributed by atoms with Gasteiger partial charge in [0.2, 0.25) is 0 Å². The number of rotatable bonds is 5. The van der Waals surface area contributed by atoms with E-state index >= 15 is 0 Å². The Bertz CT molecular complexity index is 365. The Morgan fingerprint density at radius 3 is 2.62 bits per heavy atom. The Balaban J connectivity index is 2.70. The molecule has 0 aliphatic rings. The van der Waals surface area contributed by atoms with Crippen molar-refractivity contribution in [1.29, 1.82) is 0 Å². The molecule has 2 nitrogen and oxygen atoms in total. The number of ketones is 1.